The molecule has 0 amide bonds. The Morgan fingerprint density at radius 2 is 1.62 bits per heavy atom. The molecule has 0 aromatic rings. The van der Waals surface area contributed by atoms with Crippen LogP contribution in [0.4, 0.5) is 0 Å². The molecule has 4 N–H and O–H groups in total. The van der Waals surface area contributed by atoms with Crippen LogP contribution in [0.1, 0.15) is 6.42 Å². The van der Waals surface area contributed by atoms with Gasteiger partial charge in [-0.2, -0.15) is 0 Å². The summed E-state index contributed by atoms with van der Waals surface area (Å²) in [5, 5.41) is 37.8. The highest BCUT2D eigenvalue weighted by Crippen LogP contribution is 2.27. The molecule has 0 aromatic heterocycles. The molecule has 2 aliphatic rings. The molecule has 0 spiro atoms. The third-order valence-corrected chi connectivity index (χ3v) is 3.04. The number of hydrogen-bond donors (Lipinski definition) is 4. The summed E-state index contributed by atoms with van der Waals surface area (Å²) in [5.74, 6) is 0. The molecule has 5 atom stereocenters. The van der Waals surface area contributed by atoms with Crippen molar-refractivity contribution in [1.82, 2.24) is 4.90 Å². The monoisotopic (exact) mass is 189 g/mol. The van der Waals surface area contributed by atoms with Gasteiger partial charge in [-0.25, -0.2) is 0 Å². The molecule has 2 fully saturated rings. The van der Waals surface area contributed by atoms with Gasteiger partial charge in [-0.05, 0) is 6.42 Å². The Balaban J connectivity index is 2.15. The van der Waals surface area contributed by atoms with E-state index in [4.69, 9.17) is 0 Å². The summed E-state index contributed by atoms with van der Waals surface area (Å²) in [6.45, 7) is 1.01. The van der Waals surface area contributed by atoms with Crippen molar-refractivity contribution in [3.05, 3.63) is 0 Å². The van der Waals surface area contributed by atoms with Crippen LogP contribution in [0.2, 0.25) is 0 Å². The van der Waals surface area contributed by atoms with E-state index >= 15 is 0 Å². The van der Waals surface area contributed by atoms with Crippen molar-refractivity contribution < 1.29 is 20.4 Å². The maximum Gasteiger partial charge on any atom is 0.109 e. The van der Waals surface area contributed by atoms with Gasteiger partial charge < -0.3 is 20.4 Å². The smallest absolute Gasteiger partial charge is 0.109 e. The lowest BCUT2D eigenvalue weighted by atomic mass is 9.93. The normalized spacial score (nSPS) is 52.2. The van der Waals surface area contributed by atoms with Crippen molar-refractivity contribution >= 4 is 0 Å². The van der Waals surface area contributed by atoms with Gasteiger partial charge in [0.15, 0.2) is 0 Å². The molecular weight excluding hydrogens is 174 g/mol. The molecule has 2 saturated heterocycles. The average Bonchev–Trinajstić information content (AvgIpc) is 2.43. The van der Waals surface area contributed by atoms with Gasteiger partial charge in [0.2, 0.25) is 0 Å². The molecule has 0 saturated carbocycles. The van der Waals surface area contributed by atoms with Crippen LogP contribution < -0.4 is 0 Å². The van der Waals surface area contributed by atoms with Crippen molar-refractivity contribution in [1.29, 1.82) is 0 Å². The maximum absolute atomic E-state index is 9.58. The molecule has 2 aliphatic heterocycles. The Labute approximate surface area is 76.2 Å². The van der Waals surface area contributed by atoms with Crippen LogP contribution in [0, 0.1) is 0 Å². The molecule has 0 aliphatic carbocycles. The lowest BCUT2D eigenvalue weighted by Gasteiger charge is -2.40. The van der Waals surface area contributed by atoms with Crippen LogP contribution in [0.15, 0.2) is 0 Å². The molecule has 0 aromatic carbocycles. The first-order chi connectivity index (χ1) is 6.11. The number of rotatable bonds is 0. The fourth-order valence-corrected chi connectivity index (χ4v) is 2.30. The molecule has 13 heavy (non-hydrogen) atoms. The number of nitrogens with zero attached hydrogens (tertiary/aromatic N) is 1. The predicted octanol–water partition coefficient (Wildman–Crippen LogP) is -2.48. The highest BCUT2D eigenvalue weighted by Gasteiger charge is 2.47. The quantitative estimate of drug-likeness (QED) is 0.339. The minimum absolute atomic E-state index is 0.333. The van der Waals surface area contributed by atoms with E-state index in [0.29, 0.717) is 19.5 Å². The van der Waals surface area contributed by atoms with Crippen molar-refractivity contribution in [2.75, 3.05) is 13.1 Å². The maximum atomic E-state index is 9.58. The number of hydrogen-bond acceptors (Lipinski definition) is 5. The van der Waals surface area contributed by atoms with Crippen molar-refractivity contribution in [3.8, 4) is 0 Å². The lowest BCUT2D eigenvalue weighted by molar-refractivity contribution is -0.140. The Kier molecular flexibility index (Phi) is 2.29. The minimum atomic E-state index is -1.13. The number of piperidine rings is 1. The van der Waals surface area contributed by atoms with E-state index in [1.54, 1.807) is 0 Å². The summed E-state index contributed by atoms with van der Waals surface area (Å²) in [6, 6.07) is -0.404. The van der Waals surface area contributed by atoms with Gasteiger partial charge in [0.1, 0.15) is 12.2 Å². The molecule has 2 heterocycles. The van der Waals surface area contributed by atoms with Gasteiger partial charge in [-0.3, -0.25) is 4.90 Å². The largest absolute Gasteiger partial charge is 0.391 e. The highest BCUT2D eigenvalue weighted by atomic mass is 16.4. The summed E-state index contributed by atoms with van der Waals surface area (Å²) >= 11 is 0. The first-order valence-electron chi connectivity index (χ1n) is 4.57. The molecule has 2 rings (SSSR count). The number of fused-ring (bicyclic) bond motifs is 1. The third kappa shape index (κ3) is 1.37. The van der Waals surface area contributed by atoms with Crippen LogP contribution >= 0.6 is 0 Å². The molecule has 0 unspecified atom stereocenters. The summed E-state index contributed by atoms with van der Waals surface area (Å²) in [6.07, 6.45) is -3.06. The second-order valence-electron chi connectivity index (χ2n) is 3.89. The first-order valence-corrected chi connectivity index (χ1v) is 4.57. The summed E-state index contributed by atoms with van der Waals surface area (Å²) in [4.78, 5) is 1.83. The standard InChI is InChI=1S/C8H15NO4/c10-4-1-2-9-3-5(11)7(12)8(13)6(4)9/h4-8,10-13H,1-3H2/t4-,5-,6-,7+,8+/m1/s1. The minimum Gasteiger partial charge on any atom is -0.391 e. The lowest BCUT2D eigenvalue weighted by Crippen LogP contribution is -2.61. The molecule has 0 bridgehead atoms. The van der Waals surface area contributed by atoms with Crippen LogP contribution in [0.25, 0.3) is 0 Å². The zero-order valence-corrected chi connectivity index (χ0v) is 7.24. The zero-order chi connectivity index (χ0) is 9.59. The molecular formula is C8H15NO4. The summed E-state index contributed by atoms with van der Waals surface area (Å²) in [7, 11) is 0. The van der Waals surface area contributed by atoms with E-state index < -0.39 is 30.5 Å². The Morgan fingerprint density at radius 3 is 2.31 bits per heavy atom. The van der Waals surface area contributed by atoms with Crippen molar-refractivity contribution in [2.45, 2.75) is 36.9 Å². The first kappa shape index (κ1) is 9.36. The molecule has 5 nitrogen and oxygen atoms in total. The Hall–Kier alpha value is -0.200. The molecule has 5 heteroatoms. The van der Waals surface area contributed by atoms with Crippen LogP contribution in [-0.2, 0) is 0 Å². The number of aliphatic hydroxyl groups is 4. The fourth-order valence-electron chi connectivity index (χ4n) is 2.30. The van der Waals surface area contributed by atoms with Crippen molar-refractivity contribution in [2.24, 2.45) is 0 Å². The van der Waals surface area contributed by atoms with Crippen LogP contribution in [-0.4, -0.2) is 68.9 Å². The summed E-state index contributed by atoms with van der Waals surface area (Å²) in [5.41, 5.74) is 0. The predicted molar refractivity (Wildman–Crippen MR) is 44.0 cm³/mol. The Morgan fingerprint density at radius 1 is 0.923 bits per heavy atom. The highest BCUT2D eigenvalue weighted by molar-refractivity contribution is 5.01. The van der Waals surface area contributed by atoms with Gasteiger partial charge in [0.25, 0.3) is 0 Å². The van der Waals surface area contributed by atoms with Crippen LogP contribution in [0.5, 0.6) is 0 Å². The van der Waals surface area contributed by atoms with Gasteiger partial charge in [-0.15, -0.1) is 0 Å². The Bertz CT molecular complexity index is 201. The zero-order valence-electron chi connectivity index (χ0n) is 7.24. The van der Waals surface area contributed by atoms with Gasteiger partial charge in [0.05, 0.1) is 18.2 Å². The van der Waals surface area contributed by atoms with Crippen molar-refractivity contribution in [3.63, 3.8) is 0 Å². The fraction of sp³-hybridized carbons (Fsp3) is 1.00. The van der Waals surface area contributed by atoms with E-state index in [1.165, 1.54) is 0 Å². The molecule has 0 radical (unpaired) electrons. The molecule has 76 valence electrons. The average molecular weight is 189 g/mol. The summed E-state index contributed by atoms with van der Waals surface area (Å²) < 4.78 is 0. The van der Waals surface area contributed by atoms with Gasteiger partial charge in [-0.1, -0.05) is 0 Å². The topological polar surface area (TPSA) is 84.2 Å². The number of aliphatic hydroxyl groups excluding tert-OH is 4. The van der Waals surface area contributed by atoms with E-state index in [0.717, 1.165) is 0 Å². The second kappa shape index (κ2) is 3.18. The van der Waals surface area contributed by atoms with E-state index in [1.807, 2.05) is 4.90 Å². The van der Waals surface area contributed by atoms with E-state index in [-0.39, 0.29) is 0 Å². The van der Waals surface area contributed by atoms with E-state index in [9.17, 15) is 20.4 Å². The van der Waals surface area contributed by atoms with Gasteiger partial charge >= 0.3 is 0 Å². The van der Waals surface area contributed by atoms with E-state index in [2.05, 4.69) is 0 Å². The third-order valence-electron chi connectivity index (χ3n) is 3.04. The SMILES string of the molecule is O[C@@H]1[C@@H](O)[C@H](O)CN2CC[C@@H](O)[C@H]12. The van der Waals surface area contributed by atoms with Gasteiger partial charge in [0, 0.05) is 13.1 Å². The second-order valence-corrected chi connectivity index (χ2v) is 3.89. The van der Waals surface area contributed by atoms with Crippen LogP contribution in [0.3, 0.4) is 0 Å².